The van der Waals surface area contributed by atoms with Crippen molar-refractivity contribution in [2.45, 2.75) is 39.7 Å². The normalized spacial score (nSPS) is 14.1. The highest BCUT2D eigenvalue weighted by Crippen LogP contribution is 2.38. The molecule has 0 saturated heterocycles. The number of pyridine rings is 2. The Morgan fingerprint density at radius 2 is 2.00 bits per heavy atom. The van der Waals surface area contributed by atoms with Gasteiger partial charge in [-0.3, -0.25) is 20.2 Å². The van der Waals surface area contributed by atoms with Crippen LogP contribution in [-0.2, 0) is 11.3 Å². The predicted octanol–water partition coefficient (Wildman–Crippen LogP) is 4.78. The summed E-state index contributed by atoms with van der Waals surface area (Å²) in [4.78, 5) is 19.0. The molecule has 8 nitrogen and oxygen atoms in total. The van der Waals surface area contributed by atoms with Crippen LogP contribution in [0.2, 0.25) is 0 Å². The number of hydrogen-bond donors (Lipinski definition) is 4. The number of carbonyl (C=O) groups excluding carboxylic acids is 1. The van der Waals surface area contributed by atoms with Gasteiger partial charge >= 0.3 is 0 Å². The summed E-state index contributed by atoms with van der Waals surface area (Å²) < 4.78 is 0. The van der Waals surface area contributed by atoms with E-state index in [1.54, 1.807) is 30.6 Å². The van der Waals surface area contributed by atoms with Crippen molar-refractivity contribution >= 4 is 17.8 Å². The van der Waals surface area contributed by atoms with Gasteiger partial charge in [-0.1, -0.05) is 19.9 Å². The van der Waals surface area contributed by atoms with E-state index in [0.29, 0.717) is 28.9 Å². The molecule has 0 saturated carbocycles. The first-order valence-corrected chi connectivity index (χ1v) is 12.1. The number of aromatic nitrogens is 2. The smallest absolute Gasteiger partial charge is 0.211 e. The van der Waals surface area contributed by atoms with Crippen LogP contribution in [0.25, 0.3) is 11.1 Å². The molecular weight excluding hydrogens is 462 g/mol. The fourth-order valence-electron chi connectivity index (χ4n) is 4.25. The SMILES string of the molecule is CC1(C)CCC(C(=N)c2cc(NC=O)cc(-c3cncc(C#N)c3)c2)=C(N)C1.CNCc1cccnc1. The maximum Gasteiger partial charge on any atom is 0.211 e. The first kappa shape index (κ1) is 27.2. The molecule has 4 rings (SSSR count). The van der Waals surface area contributed by atoms with Crippen LogP contribution in [0.15, 0.2) is 72.5 Å². The summed E-state index contributed by atoms with van der Waals surface area (Å²) in [6.07, 6.45) is 9.88. The number of rotatable bonds is 7. The molecule has 0 fully saturated rings. The van der Waals surface area contributed by atoms with Crippen LogP contribution in [-0.4, -0.2) is 29.1 Å². The fraction of sp³-hybridized carbons (Fsp3) is 0.276. The van der Waals surface area contributed by atoms with Gasteiger partial charge in [0.2, 0.25) is 6.41 Å². The third kappa shape index (κ3) is 7.56. The zero-order valence-electron chi connectivity index (χ0n) is 21.5. The Balaban J connectivity index is 0.000000356. The maximum atomic E-state index is 11.0. The molecule has 0 bridgehead atoms. The summed E-state index contributed by atoms with van der Waals surface area (Å²) in [5.41, 5.74) is 12.8. The molecule has 0 unspecified atom stereocenters. The zero-order chi connectivity index (χ0) is 26.8. The molecule has 1 aliphatic rings. The fourth-order valence-corrected chi connectivity index (χ4v) is 4.25. The van der Waals surface area contributed by atoms with Crippen LogP contribution in [0.5, 0.6) is 0 Å². The van der Waals surface area contributed by atoms with Crippen molar-refractivity contribution in [3.05, 3.63) is 89.1 Å². The Labute approximate surface area is 218 Å². The van der Waals surface area contributed by atoms with Gasteiger partial charge in [-0.15, -0.1) is 0 Å². The summed E-state index contributed by atoms with van der Waals surface area (Å²) in [6, 6.07) is 13.2. The van der Waals surface area contributed by atoms with Crippen LogP contribution < -0.4 is 16.4 Å². The average Bonchev–Trinajstić information content (AvgIpc) is 2.89. The van der Waals surface area contributed by atoms with E-state index in [4.69, 9.17) is 16.4 Å². The number of carbonyl (C=O) groups is 1. The summed E-state index contributed by atoms with van der Waals surface area (Å²) in [7, 11) is 1.92. The molecule has 1 aromatic carbocycles. The van der Waals surface area contributed by atoms with Gasteiger partial charge in [0.1, 0.15) is 6.07 Å². The van der Waals surface area contributed by atoms with Crippen LogP contribution in [0.3, 0.4) is 0 Å². The molecule has 3 aromatic rings. The Hall–Kier alpha value is -4.35. The number of nitrogens with zero attached hydrogens (tertiary/aromatic N) is 3. The minimum Gasteiger partial charge on any atom is -0.402 e. The summed E-state index contributed by atoms with van der Waals surface area (Å²) in [5.74, 6) is 0. The molecule has 2 heterocycles. The van der Waals surface area contributed by atoms with Crippen LogP contribution in [0.4, 0.5) is 5.69 Å². The van der Waals surface area contributed by atoms with E-state index >= 15 is 0 Å². The van der Waals surface area contributed by atoms with Crippen LogP contribution >= 0.6 is 0 Å². The van der Waals surface area contributed by atoms with Crippen LogP contribution in [0.1, 0.15) is 49.8 Å². The Morgan fingerprint density at radius 1 is 1.19 bits per heavy atom. The van der Waals surface area contributed by atoms with Crippen molar-refractivity contribution in [1.29, 1.82) is 10.7 Å². The number of amides is 1. The summed E-state index contributed by atoms with van der Waals surface area (Å²) in [6.45, 7) is 5.26. The van der Waals surface area contributed by atoms with E-state index in [9.17, 15) is 4.79 Å². The van der Waals surface area contributed by atoms with Crippen molar-refractivity contribution in [2.24, 2.45) is 11.1 Å². The van der Waals surface area contributed by atoms with E-state index in [-0.39, 0.29) is 5.41 Å². The van der Waals surface area contributed by atoms with Crippen molar-refractivity contribution in [3.63, 3.8) is 0 Å². The second-order valence-electron chi connectivity index (χ2n) is 9.75. The topological polar surface area (TPSA) is 141 Å². The highest BCUT2D eigenvalue weighted by molar-refractivity contribution is 6.12. The molecule has 0 atom stereocenters. The van der Waals surface area contributed by atoms with E-state index in [1.807, 2.05) is 31.4 Å². The van der Waals surface area contributed by atoms with Gasteiger partial charge in [0.25, 0.3) is 0 Å². The van der Waals surface area contributed by atoms with Gasteiger partial charge in [0, 0.05) is 53.8 Å². The van der Waals surface area contributed by atoms with Crippen molar-refractivity contribution < 1.29 is 4.79 Å². The second kappa shape index (κ2) is 12.6. The monoisotopic (exact) mass is 495 g/mol. The van der Waals surface area contributed by atoms with E-state index < -0.39 is 0 Å². The standard InChI is InChI=1S/C22H23N5O.C7H10N2/c1-22(2)4-3-19(20(24)9-22)21(25)16-6-15(7-18(8-16)27-13-28)17-5-14(10-23)11-26-12-17;1-8-5-7-3-2-4-9-6-7/h5-8,11-13,25H,3-4,9,24H2,1-2H3,(H,27,28);2-4,6,8H,5H2,1H3. The Bertz CT molecular complexity index is 1320. The second-order valence-corrected chi connectivity index (χ2v) is 9.75. The first-order chi connectivity index (χ1) is 17.8. The predicted molar refractivity (Wildman–Crippen MR) is 147 cm³/mol. The lowest BCUT2D eigenvalue weighted by atomic mass is 9.75. The molecule has 5 N–H and O–H groups in total. The third-order valence-electron chi connectivity index (χ3n) is 6.16. The average molecular weight is 496 g/mol. The van der Waals surface area contributed by atoms with E-state index in [0.717, 1.165) is 48.2 Å². The van der Waals surface area contributed by atoms with E-state index in [1.165, 1.54) is 11.8 Å². The first-order valence-electron chi connectivity index (χ1n) is 12.1. The molecule has 8 heteroatoms. The molecule has 37 heavy (non-hydrogen) atoms. The Morgan fingerprint density at radius 3 is 2.65 bits per heavy atom. The van der Waals surface area contributed by atoms with Crippen molar-refractivity contribution in [2.75, 3.05) is 12.4 Å². The molecule has 1 amide bonds. The maximum absolute atomic E-state index is 11.0. The summed E-state index contributed by atoms with van der Waals surface area (Å²) >= 11 is 0. The minimum atomic E-state index is 0.142. The number of hydrogen-bond acceptors (Lipinski definition) is 7. The highest BCUT2D eigenvalue weighted by Gasteiger charge is 2.28. The lowest BCUT2D eigenvalue weighted by molar-refractivity contribution is -0.105. The number of anilines is 1. The molecule has 0 aliphatic heterocycles. The molecule has 2 aromatic heterocycles. The number of nitrogens with two attached hydrogens (primary N) is 1. The Kier molecular flexibility index (Phi) is 9.25. The summed E-state index contributed by atoms with van der Waals surface area (Å²) in [5, 5.41) is 23.6. The van der Waals surface area contributed by atoms with Gasteiger partial charge in [-0.2, -0.15) is 5.26 Å². The van der Waals surface area contributed by atoms with Gasteiger partial charge in [0.05, 0.1) is 11.3 Å². The van der Waals surface area contributed by atoms with Crippen molar-refractivity contribution in [1.82, 2.24) is 15.3 Å². The van der Waals surface area contributed by atoms with Gasteiger partial charge in [-0.05, 0) is 78.8 Å². The quantitative estimate of drug-likeness (QED) is 0.275. The van der Waals surface area contributed by atoms with Crippen molar-refractivity contribution in [3.8, 4) is 17.2 Å². The lowest BCUT2D eigenvalue weighted by Gasteiger charge is -2.32. The highest BCUT2D eigenvalue weighted by atomic mass is 16.1. The van der Waals surface area contributed by atoms with Gasteiger partial charge in [0.15, 0.2) is 0 Å². The van der Waals surface area contributed by atoms with Crippen LogP contribution in [0, 0.1) is 22.2 Å². The molecule has 190 valence electrons. The number of nitrogens with one attached hydrogen (secondary N) is 3. The number of nitriles is 1. The minimum absolute atomic E-state index is 0.142. The number of benzene rings is 1. The third-order valence-corrected chi connectivity index (χ3v) is 6.16. The van der Waals surface area contributed by atoms with Gasteiger partial charge in [-0.25, -0.2) is 0 Å². The molecule has 0 spiro atoms. The molecule has 0 radical (unpaired) electrons. The number of allylic oxidation sites excluding steroid dienone is 2. The molecular formula is C29H33N7O. The zero-order valence-corrected chi connectivity index (χ0v) is 21.5. The largest absolute Gasteiger partial charge is 0.402 e. The van der Waals surface area contributed by atoms with E-state index in [2.05, 4.69) is 40.5 Å². The van der Waals surface area contributed by atoms with Gasteiger partial charge < -0.3 is 16.4 Å². The lowest BCUT2D eigenvalue weighted by Crippen LogP contribution is -2.25. The molecule has 1 aliphatic carbocycles.